The van der Waals surface area contributed by atoms with E-state index in [1.165, 1.54) is 12.1 Å². The first-order valence-electron chi connectivity index (χ1n) is 5.28. The van der Waals surface area contributed by atoms with Crippen LogP contribution in [-0.4, -0.2) is 23.6 Å². The van der Waals surface area contributed by atoms with E-state index in [-0.39, 0.29) is 5.82 Å². The molecule has 0 saturated carbocycles. The largest absolute Gasteiger partial charge is 0.319 e. The van der Waals surface area contributed by atoms with Crippen LogP contribution in [-0.2, 0) is 6.42 Å². The van der Waals surface area contributed by atoms with Crippen molar-refractivity contribution in [1.82, 2.24) is 15.3 Å². The molecule has 0 spiro atoms. The van der Waals surface area contributed by atoms with Gasteiger partial charge in [0.2, 0.25) is 0 Å². The molecule has 1 N–H and O–H groups in total. The lowest BCUT2D eigenvalue weighted by atomic mass is 10.2. The minimum Gasteiger partial charge on any atom is -0.319 e. The zero-order valence-electron chi connectivity index (χ0n) is 9.42. The van der Waals surface area contributed by atoms with Gasteiger partial charge in [-0.1, -0.05) is 0 Å². The zero-order valence-corrected chi connectivity index (χ0v) is 9.42. The molecular formula is C12H14FN3. The highest BCUT2D eigenvalue weighted by Crippen LogP contribution is 2.16. The molecular weight excluding hydrogens is 205 g/mol. The second-order valence-corrected chi connectivity index (χ2v) is 3.74. The number of hydrogen-bond donors (Lipinski definition) is 1. The fourth-order valence-corrected chi connectivity index (χ4v) is 1.67. The third-order valence-corrected chi connectivity index (χ3v) is 2.49. The number of nitrogens with one attached hydrogen (secondary N) is 1. The van der Waals surface area contributed by atoms with Crippen LogP contribution in [0.5, 0.6) is 0 Å². The van der Waals surface area contributed by atoms with Crippen LogP contribution in [0.2, 0.25) is 0 Å². The number of hydrogen-bond acceptors (Lipinski definition) is 3. The van der Waals surface area contributed by atoms with Gasteiger partial charge in [0.1, 0.15) is 11.6 Å². The molecule has 0 aliphatic carbocycles. The summed E-state index contributed by atoms with van der Waals surface area (Å²) in [5.41, 5.74) is 1.58. The predicted molar refractivity (Wildman–Crippen MR) is 61.9 cm³/mol. The van der Waals surface area contributed by atoms with E-state index in [1.807, 2.05) is 14.0 Å². The van der Waals surface area contributed by atoms with Crippen molar-refractivity contribution < 1.29 is 4.39 Å². The average molecular weight is 219 g/mol. The number of benzene rings is 1. The van der Waals surface area contributed by atoms with Crippen LogP contribution in [0, 0.1) is 12.7 Å². The Kier molecular flexibility index (Phi) is 3.10. The van der Waals surface area contributed by atoms with Gasteiger partial charge < -0.3 is 5.32 Å². The van der Waals surface area contributed by atoms with E-state index in [0.29, 0.717) is 5.52 Å². The fourth-order valence-electron chi connectivity index (χ4n) is 1.67. The zero-order chi connectivity index (χ0) is 11.5. The van der Waals surface area contributed by atoms with Crippen molar-refractivity contribution in [2.24, 2.45) is 0 Å². The quantitative estimate of drug-likeness (QED) is 0.856. The molecule has 0 fully saturated rings. The fraction of sp³-hybridized carbons (Fsp3) is 0.333. The number of aryl methyl sites for hydroxylation is 1. The van der Waals surface area contributed by atoms with E-state index in [4.69, 9.17) is 0 Å². The molecule has 1 aromatic heterocycles. The molecule has 0 radical (unpaired) electrons. The topological polar surface area (TPSA) is 37.8 Å². The van der Waals surface area contributed by atoms with E-state index in [1.54, 1.807) is 6.07 Å². The third kappa shape index (κ3) is 2.17. The molecule has 0 bridgehead atoms. The molecule has 1 aromatic carbocycles. The van der Waals surface area contributed by atoms with Crippen molar-refractivity contribution in [1.29, 1.82) is 0 Å². The first-order valence-corrected chi connectivity index (χ1v) is 5.28. The van der Waals surface area contributed by atoms with E-state index < -0.39 is 0 Å². The number of likely N-dealkylation sites (N-methyl/N-ethyl adjacent to an activating group) is 1. The summed E-state index contributed by atoms with van der Waals surface area (Å²) in [6.45, 7) is 2.74. The van der Waals surface area contributed by atoms with Crippen LogP contribution < -0.4 is 5.32 Å². The van der Waals surface area contributed by atoms with Crippen molar-refractivity contribution in [2.45, 2.75) is 13.3 Å². The second-order valence-electron chi connectivity index (χ2n) is 3.74. The monoisotopic (exact) mass is 219 g/mol. The lowest BCUT2D eigenvalue weighted by molar-refractivity contribution is 0.629. The Bertz CT molecular complexity index is 511. The van der Waals surface area contributed by atoms with Gasteiger partial charge in [0.05, 0.1) is 5.52 Å². The van der Waals surface area contributed by atoms with Gasteiger partial charge in [-0.3, -0.25) is 0 Å². The normalized spacial score (nSPS) is 10.9. The van der Waals surface area contributed by atoms with Crippen LogP contribution in [0.15, 0.2) is 18.2 Å². The Hall–Kier alpha value is -1.55. The number of nitrogens with zero attached hydrogens (tertiary/aromatic N) is 2. The highest BCUT2D eigenvalue weighted by Gasteiger charge is 2.05. The van der Waals surface area contributed by atoms with Crippen LogP contribution in [0.25, 0.3) is 10.9 Å². The minimum absolute atomic E-state index is 0.259. The summed E-state index contributed by atoms with van der Waals surface area (Å²) in [5.74, 6) is 0.495. The van der Waals surface area contributed by atoms with Gasteiger partial charge in [-0.15, -0.1) is 0 Å². The van der Waals surface area contributed by atoms with E-state index in [9.17, 15) is 4.39 Å². The maximum absolute atomic E-state index is 13.1. The minimum atomic E-state index is -0.259. The lowest BCUT2D eigenvalue weighted by Gasteiger charge is -2.05. The number of rotatable bonds is 3. The predicted octanol–water partition coefficient (Wildman–Crippen LogP) is 1.84. The highest BCUT2D eigenvalue weighted by atomic mass is 19.1. The van der Waals surface area contributed by atoms with Gasteiger partial charge >= 0.3 is 0 Å². The summed E-state index contributed by atoms with van der Waals surface area (Å²) in [7, 11) is 1.88. The van der Waals surface area contributed by atoms with Crippen molar-refractivity contribution in [3.8, 4) is 0 Å². The number of fused-ring (bicyclic) bond motifs is 1. The molecule has 0 atom stereocenters. The van der Waals surface area contributed by atoms with Gasteiger partial charge in [-0.25, -0.2) is 14.4 Å². The summed E-state index contributed by atoms with van der Waals surface area (Å²) in [4.78, 5) is 8.74. The third-order valence-electron chi connectivity index (χ3n) is 2.49. The summed E-state index contributed by atoms with van der Waals surface area (Å²) in [6, 6.07) is 4.61. The standard InChI is InChI=1S/C12H14FN3/c1-8-10-4-3-9(13)7-11(10)16-12(15-8)5-6-14-2/h3-4,7,14H,5-6H2,1-2H3. The molecule has 2 aromatic rings. The average Bonchev–Trinajstić information content (AvgIpc) is 2.25. The molecule has 1 heterocycles. The summed E-state index contributed by atoms with van der Waals surface area (Å²) in [5, 5.41) is 3.95. The van der Waals surface area contributed by atoms with Gasteiger partial charge in [0.25, 0.3) is 0 Å². The van der Waals surface area contributed by atoms with Gasteiger partial charge in [0.15, 0.2) is 0 Å². The maximum Gasteiger partial charge on any atom is 0.130 e. The lowest BCUT2D eigenvalue weighted by Crippen LogP contribution is -2.12. The molecule has 0 aliphatic heterocycles. The van der Waals surface area contributed by atoms with Crippen LogP contribution in [0.3, 0.4) is 0 Å². The van der Waals surface area contributed by atoms with Crippen molar-refractivity contribution >= 4 is 10.9 Å². The first kappa shape index (κ1) is 11.0. The van der Waals surface area contributed by atoms with E-state index >= 15 is 0 Å². The number of halogens is 1. The highest BCUT2D eigenvalue weighted by molar-refractivity contribution is 5.80. The molecule has 84 valence electrons. The summed E-state index contributed by atoms with van der Waals surface area (Å²) >= 11 is 0. The Morgan fingerprint density at radius 2 is 2.12 bits per heavy atom. The van der Waals surface area contributed by atoms with Gasteiger partial charge in [0, 0.05) is 30.1 Å². The van der Waals surface area contributed by atoms with Crippen LogP contribution in [0.1, 0.15) is 11.5 Å². The Labute approximate surface area is 93.7 Å². The molecule has 0 aliphatic rings. The maximum atomic E-state index is 13.1. The molecule has 16 heavy (non-hydrogen) atoms. The molecule has 0 unspecified atom stereocenters. The molecule has 4 heteroatoms. The van der Waals surface area contributed by atoms with E-state index in [0.717, 1.165) is 29.9 Å². The molecule has 2 rings (SSSR count). The van der Waals surface area contributed by atoms with Crippen molar-refractivity contribution in [3.63, 3.8) is 0 Å². The molecule has 0 amide bonds. The second kappa shape index (κ2) is 4.53. The Balaban J connectivity index is 2.47. The Morgan fingerprint density at radius 1 is 1.31 bits per heavy atom. The van der Waals surface area contributed by atoms with Crippen LogP contribution >= 0.6 is 0 Å². The Morgan fingerprint density at radius 3 is 2.88 bits per heavy atom. The van der Waals surface area contributed by atoms with E-state index in [2.05, 4.69) is 15.3 Å². The summed E-state index contributed by atoms with van der Waals surface area (Å²) in [6.07, 6.45) is 0.754. The molecule has 3 nitrogen and oxygen atoms in total. The van der Waals surface area contributed by atoms with Crippen molar-refractivity contribution in [2.75, 3.05) is 13.6 Å². The number of aromatic nitrogens is 2. The SMILES string of the molecule is CNCCc1nc(C)c2ccc(F)cc2n1. The van der Waals surface area contributed by atoms with Gasteiger partial charge in [-0.05, 0) is 26.1 Å². The van der Waals surface area contributed by atoms with Crippen molar-refractivity contribution in [3.05, 3.63) is 35.5 Å². The molecule has 0 saturated heterocycles. The summed E-state index contributed by atoms with van der Waals surface area (Å²) < 4.78 is 13.1. The first-order chi connectivity index (χ1) is 7.70. The smallest absolute Gasteiger partial charge is 0.130 e. The van der Waals surface area contributed by atoms with Gasteiger partial charge in [-0.2, -0.15) is 0 Å². The van der Waals surface area contributed by atoms with Crippen LogP contribution in [0.4, 0.5) is 4.39 Å².